The zero-order valence-electron chi connectivity index (χ0n) is 22.5. The molecule has 0 unspecified atom stereocenters. The highest BCUT2D eigenvalue weighted by Gasteiger charge is 2.34. The number of likely N-dealkylation sites (N-methyl/N-ethyl adjacent to an activating group) is 1. The number of rotatable bonds is 11. The molecule has 0 saturated carbocycles. The van der Waals surface area contributed by atoms with Gasteiger partial charge in [0.1, 0.15) is 24.1 Å². The summed E-state index contributed by atoms with van der Waals surface area (Å²) in [6.45, 7) is 2.78. The van der Waals surface area contributed by atoms with Crippen LogP contribution in [0.1, 0.15) is 18.1 Å². The number of anilines is 1. The fraction of sp³-hybridized carbons (Fsp3) is 0.286. The smallest absolute Gasteiger partial charge is 0.264 e. The maximum atomic E-state index is 14.0. The Bertz CT molecular complexity index is 1430. The molecule has 2 amide bonds. The van der Waals surface area contributed by atoms with E-state index in [9.17, 15) is 18.0 Å². The molecule has 1 N–H and O–H groups in total. The molecule has 0 fully saturated rings. The molecule has 0 aromatic heterocycles. The van der Waals surface area contributed by atoms with Gasteiger partial charge in [-0.15, -0.1) is 0 Å². The number of hydrogen-bond donors (Lipinski definition) is 1. The highest BCUT2D eigenvalue weighted by atomic mass is 35.5. The molecule has 0 aliphatic heterocycles. The van der Waals surface area contributed by atoms with Crippen molar-refractivity contribution in [3.8, 4) is 11.5 Å². The number of ether oxygens (including phenoxy) is 2. The number of benzene rings is 3. The van der Waals surface area contributed by atoms with Gasteiger partial charge in [-0.3, -0.25) is 13.9 Å². The molecule has 11 heteroatoms. The third-order valence-electron chi connectivity index (χ3n) is 6.25. The van der Waals surface area contributed by atoms with E-state index in [1.807, 2.05) is 6.92 Å². The molecule has 0 radical (unpaired) electrons. The summed E-state index contributed by atoms with van der Waals surface area (Å²) in [6, 6.07) is 17.0. The second kappa shape index (κ2) is 12.9. The summed E-state index contributed by atoms with van der Waals surface area (Å²) in [5.41, 5.74) is 1.59. The van der Waals surface area contributed by atoms with Crippen LogP contribution in [0.5, 0.6) is 11.5 Å². The number of carbonyl (C=O) groups excluding carboxylic acids is 2. The molecule has 208 valence electrons. The van der Waals surface area contributed by atoms with Gasteiger partial charge in [0.15, 0.2) is 0 Å². The van der Waals surface area contributed by atoms with Crippen LogP contribution in [0.2, 0.25) is 5.02 Å². The van der Waals surface area contributed by atoms with Crippen molar-refractivity contribution in [2.75, 3.05) is 32.1 Å². The second-order valence-corrected chi connectivity index (χ2v) is 11.0. The first-order valence-electron chi connectivity index (χ1n) is 12.1. The second-order valence-electron chi connectivity index (χ2n) is 8.77. The van der Waals surface area contributed by atoms with Gasteiger partial charge in [0, 0.05) is 24.7 Å². The predicted octanol–water partition coefficient (Wildman–Crippen LogP) is 4.02. The zero-order valence-corrected chi connectivity index (χ0v) is 24.0. The van der Waals surface area contributed by atoms with Crippen LogP contribution in [0.4, 0.5) is 5.69 Å². The Morgan fingerprint density at radius 3 is 2.26 bits per heavy atom. The SMILES string of the molecule is CNC(=O)[C@H](C)N(Cc1ccccc1Cl)C(=O)CN(c1cc(OC)ccc1OC)S(=O)(=O)c1ccc(C)cc1. The Labute approximate surface area is 234 Å². The number of sulfonamides is 1. The lowest BCUT2D eigenvalue weighted by Crippen LogP contribution is -2.50. The van der Waals surface area contributed by atoms with Crippen LogP contribution in [0, 0.1) is 6.92 Å². The molecule has 0 aliphatic carbocycles. The van der Waals surface area contributed by atoms with Crippen LogP contribution in [0.25, 0.3) is 0 Å². The number of carbonyl (C=O) groups is 2. The van der Waals surface area contributed by atoms with Gasteiger partial charge in [-0.05, 0) is 49.7 Å². The predicted molar refractivity (Wildman–Crippen MR) is 151 cm³/mol. The average Bonchev–Trinajstić information content (AvgIpc) is 2.94. The largest absolute Gasteiger partial charge is 0.497 e. The van der Waals surface area contributed by atoms with E-state index >= 15 is 0 Å². The van der Waals surface area contributed by atoms with Crippen molar-refractivity contribution in [3.63, 3.8) is 0 Å². The number of nitrogens with one attached hydrogen (secondary N) is 1. The topological polar surface area (TPSA) is 105 Å². The molecule has 0 heterocycles. The van der Waals surface area contributed by atoms with E-state index in [1.54, 1.807) is 55.5 Å². The van der Waals surface area contributed by atoms with Crippen LogP contribution < -0.4 is 19.1 Å². The molecule has 3 aromatic carbocycles. The molecular formula is C28H32ClN3O6S. The van der Waals surface area contributed by atoms with Gasteiger partial charge in [-0.25, -0.2) is 8.42 Å². The third-order valence-corrected chi connectivity index (χ3v) is 8.40. The van der Waals surface area contributed by atoms with E-state index in [2.05, 4.69) is 5.32 Å². The standard InChI is InChI=1S/C28H32ClN3O6S/c1-19-10-13-23(14-11-19)39(35,36)32(25-16-22(37-4)12-15-26(25)38-5)18-27(33)31(20(2)28(34)30-3)17-21-8-6-7-9-24(21)29/h6-16,20H,17-18H2,1-5H3,(H,30,34)/t20-/m0/s1. The fourth-order valence-electron chi connectivity index (χ4n) is 3.94. The van der Waals surface area contributed by atoms with Crippen molar-refractivity contribution in [3.05, 3.63) is 82.9 Å². The first-order valence-corrected chi connectivity index (χ1v) is 13.9. The van der Waals surface area contributed by atoms with E-state index < -0.39 is 34.4 Å². The Kier molecular flexibility index (Phi) is 9.82. The highest BCUT2D eigenvalue weighted by molar-refractivity contribution is 7.92. The molecule has 0 saturated heterocycles. The fourth-order valence-corrected chi connectivity index (χ4v) is 5.56. The normalized spacial score (nSPS) is 11.8. The molecule has 9 nitrogen and oxygen atoms in total. The molecule has 0 bridgehead atoms. The summed E-state index contributed by atoms with van der Waals surface area (Å²) in [5, 5.41) is 2.96. The highest BCUT2D eigenvalue weighted by Crippen LogP contribution is 2.36. The van der Waals surface area contributed by atoms with Crippen molar-refractivity contribution in [1.29, 1.82) is 0 Å². The minimum absolute atomic E-state index is 0.0113. The molecule has 1 atom stereocenters. The van der Waals surface area contributed by atoms with Crippen LogP contribution in [-0.2, 0) is 26.2 Å². The summed E-state index contributed by atoms with van der Waals surface area (Å²) in [5.74, 6) is -0.445. The number of amides is 2. The molecule has 0 aliphatic rings. The van der Waals surface area contributed by atoms with Gasteiger partial charge >= 0.3 is 0 Å². The van der Waals surface area contributed by atoms with E-state index in [4.69, 9.17) is 21.1 Å². The minimum atomic E-state index is -4.27. The number of aryl methyl sites for hydroxylation is 1. The lowest BCUT2D eigenvalue weighted by molar-refractivity contribution is -0.139. The van der Waals surface area contributed by atoms with Crippen LogP contribution >= 0.6 is 11.6 Å². The Hall–Kier alpha value is -3.76. The van der Waals surface area contributed by atoms with Crippen LogP contribution in [0.3, 0.4) is 0 Å². The summed E-state index contributed by atoms with van der Waals surface area (Å²) < 4.78 is 39.8. The Morgan fingerprint density at radius 1 is 1.00 bits per heavy atom. The maximum absolute atomic E-state index is 14.0. The van der Waals surface area contributed by atoms with Gasteiger partial charge in [0.05, 0.1) is 24.8 Å². The van der Waals surface area contributed by atoms with E-state index in [0.717, 1.165) is 9.87 Å². The van der Waals surface area contributed by atoms with Gasteiger partial charge in [0.25, 0.3) is 10.0 Å². The number of nitrogens with zero attached hydrogens (tertiary/aromatic N) is 2. The van der Waals surface area contributed by atoms with Gasteiger partial charge < -0.3 is 19.7 Å². The van der Waals surface area contributed by atoms with Crippen molar-refractivity contribution < 1.29 is 27.5 Å². The Morgan fingerprint density at radius 2 is 1.67 bits per heavy atom. The Balaban J connectivity index is 2.14. The molecule has 0 spiro atoms. The van der Waals surface area contributed by atoms with Gasteiger partial charge in [-0.1, -0.05) is 47.5 Å². The maximum Gasteiger partial charge on any atom is 0.264 e. The van der Waals surface area contributed by atoms with Crippen molar-refractivity contribution in [1.82, 2.24) is 10.2 Å². The summed E-state index contributed by atoms with van der Waals surface area (Å²) in [7, 11) is 0.0529. The lowest BCUT2D eigenvalue weighted by Gasteiger charge is -2.32. The molecule has 39 heavy (non-hydrogen) atoms. The number of methoxy groups -OCH3 is 2. The monoisotopic (exact) mass is 573 g/mol. The zero-order chi connectivity index (χ0) is 28.7. The quantitative estimate of drug-likeness (QED) is 0.371. The van der Waals surface area contributed by atoms with Crippen molar-refractivity contribution in [2.24, 2.45) is 0 Å². The van der Waals surface area contributed by atoms with Crippen LogP contribution in [0.15, 0.2) is 71.6 Å². The third kappa shape index (κ3) is 6.82. The van der Waals surface area contributed by atoms with Gasteiger partial charge in [0.2, 0.25) is 11.8 Å². The van der Waals surface area contributed by atoms with E-state index in [0.29, 0.717) is 16.3 Å². The first kappa shape index (κ1) is 29.8. The van der Waals surface area contributed by atoms with Gasteiger partial charge in [-0.2, -0.15) is 0 Å². The van der Waals surface area contributed by atoms with E-state index in [1.165, 1.54) is 44.4 Å². The number of halogens is 1. The summed E-state index contributed by atoms with van der Waals surface area (Å²) >= 11 is 6.36. The minimum Gasteiger partial charge on any atom is -0.497 e. The molecular weight excluding hydrogens is 542 g/mol. The van der Waals surface area contributed by atoms with Crippen molar-refractivity contribution >= 4 is 39.1 Å². The van der Waals surface area contributed by atoms with Crippen LogP contribution in [-0.4, -0.2) is 59.0 Å². The molecule has 3 rings (SSSR count). The summed E-state index contributed by atoms with van der Waals surface area (Å²) in [6.07, 6.45) is 0. The first-order chi connectivity index (χ1) is 18.5. The van der Waals surface area contributed by atoms with Crippen molar-refractivity contribution in [2.45, 2.75) is 31.3 Å². The number of hydrogen-bond acceptors (Lipinski definition) is 6. The molecule has 3 aromatic rings. The van der Waals surface area contributed by atoms with E-state index in [-0.39, 0.29) is 22.9 Å². The average molecular weight is 574 g/mol. The lowest BCUT2D eigenvalue weighted by atomic mass is 10.1. The summed E-state index contributed by atoms with van der Waals surface area (Å²) in [4.78, 5) is 27.8.